The highest BCUT2D eigenvalue weighted by Crippen LogP contribution is 2.32. The van der Waals surface area contributed by atoms with Crippen LogP contribution in [-0.4, -0.2) is 31.6 Å². The van der Waals surface area contributed by atoms with Gasteiger partial charge in [-0.25, -0.2) is 0 Å². The van der Waals surface area contributed by atoms with Crippen LogP contribution in [0.1, 0.15) is 34.6 Å². The maximum absolute atomic E-state index is 5.88. The maximum atomic E-state index is 5.88. The topological polar surface area (TPSA) is 29.3 Å². The van der Waals surface area contributed by atoms with Gasteiger partial charge in [0.05, 0.1) is 0 Å². The van der Waals surface area contributed by atoms with E-state index in [-0.39, 0.29) is 5.41 Å². The fourth-order valence-corrected chi connectivity index (χ4v) is 2.57. The van der Waals surface area contributed by atoms with Crippen molar-refractivity contribution in [1.29, 1.82) is 0 Å². The van der Waals surface area contributed by atoms with Gasteiger partial charge in [0.2, 0.25) is 0 Å². The summed E-state index contributed by atoms with van der Waals surface area (Å²) in [6.45, 7) is 12.2. The van der Waals surface area contributed by atoms with Gasteiger partial charge in [-0.1, -0.05) is 34.6 Å². The van der Waals surface area contributed by atoms with Crippen LogP contribution < -0.4 is 5.73 Å². The molecule has 0 aromatic rings. The molecule has 0 aliphatic carbocycles. The van der Waals surface area contributed by atoms with E-state index in [4.69, 9.17) is 5.73 Å². The summed E-state index contributed by atoms with van der Waals surface area (Å²) < 4.78 is 0. The van der Waals surface area contributed by atoms with E-state index in [9.17, 15) is 0 Å². The standard InChI is InChI=1S/C12H28N2/c1-9(2)10(8-13)11(14(6)7)12(3,4)5/h9-11H,8,13H2,1-7H3. The first kappa shape index (κ1) is 13.9. The second kappa shape index (κ2) is 5.13. The Bertz CT molecular complexity index is 156. The van der Waals surface area contributed by atoms with Crippen molar-refractivity contribution in [1.82, 2.24) is 4.90 Å². The van der Waals surface area contributed by atoms with E-state index >= 15 is 0 Å². The van der Waals surface area contributed by atoms with Crippen molar-refractivity contribution < 1.29 is 0 Å². The second-order valence-electron chi connectivity index (χ2n) is 5.92. The van der Waals surface area contributed by atoms with Gasteiger partial charge in [-0.05, 0) is 37.9 Å². The summed E-state index contributed by atoms with van der Waals surface area (Å²) in [6.07, 6.45) is 0. The molecule has 14 heavy (non-hydrogen) atoms. The van der Waals surface area contributed by atoms with Crippen molar-refractivity contribution in [2.75, 3.05) is 20.6 Å². The van der Waals surface area contributed by atoms with Crippen LogP contribution in [0.15, 0.2) is 0 Å². The second-order valence-corrected chi connectivity index (χ2v) is 5.92. The van der Waals surface area contributed by atoms with E-state index in [0.717, 1.165) is 6.54 Å². The summed E-state index contributed by atoms with van der Waals surface area (Å²) in [4.78, 5) is 2.32. The highest BCUT2D eigenvalue weighted by molar-refractivity contribution is 4.88. The fraction of sp³-hybridized carbons (Fsp3) is 1.00. The van der Waals surface area contributed by atoms with Crippen molar-refractivity contribution in [2.45, 2.75) is 40.7 Å². The van der Waals surface area contributed by atoms with E-state index in [2.05, 4.69) is 53.6 Å². The highest BCUT2D eigenvalue weighted by Gasteiger charge is 2.34. The normalized spacial score (nSPS) is 17.6. The molecule has 0 radical (unpaired) electrons. The number of rotatable bonds is 4. The molecular formula is C12H28N2. The zero-order valence-corrected chi connectivity index (χ0v) is 11.0. The van der Waals surface area contributed by atoms with Gasteiger partial charge in [0.1, 0.15) is 0 Å². The molecule has 0 aliphatic heterocycles. The molecule has 0 aliphatic rings. The molecule has 2 unspecified atom stereocenters. The summed E-state index contributed by atoms with van der Waals surface area (Å²) >= 11 is 0. The van der Waals surface area contributed by atoms with E-state index in [1.807, 2.05) is 0 Å². The minimum atomic E-state index is 0.289. The van der Waals surface area contributed by atoms with Gasteiger partial charge in [0, 0.05) is 6.04 Å². The van der Waals surface area contributed by atoms with Crippen LogP contribution in [0.4, 0.5) is 0 Å². The SMILES string of the molecule is CC(C)C(CN)C(N(C)C)C(C)(C)C. The lowest BCUT2D eigenvalue weighted by Gasteiger charge is -2.43. The van der Waals surface area contributed by atoms with Crippen LogP contribution in [0.3, 0.4) is 0 Å². The third-order valence-corrected chi connectivity index (χ3v) is 2.98. The van der Waals surface area contributed by atoms with Crippen molar-refractivity contribution >= 4 is 0 Å². The third-order valence-electron chi connectivity index (χ3n) is 2.98. The van der Waals surface area contributed by atoms with Crippen molar-refractivity contribution in [3.63, 3.8) is 0 Å². The molecule has 2 N–H and O–H groups in total. The quantitative estimate of drug-likeness (QED) is 0.754. The minimum Gasteiger partial charge on any atom is -0.330 e. The molecule has 2 nitrogen and oxygen atoms in total. The van der Waals surface area contributed by atoms with E-state index in [1.165, 1.54) is 0 Å². The summed E-state index contributed by atoms with van der Waals surface area (Å²) in [5.41, 5.74) is 6.17. The number of nitrogens with zero attached hydrogens (tertiary/aromatic N) is 1. The van der Waals surface area contributed by atoms with Crippen molar-refractivity contribution in [2.24, 2.45) is 23.0 Å². The Morgan fingerprint density at radius 3 is 1.64 bits per heavy atom. The summed E-state index contributed by atoms with van der Waals surface area (Å²) in [5.74, 6) is 1.22. The average Bonchev–Trinajstić information content (AvgIpc) is 1.95. The van der Waals surface area contributed by atoms with Gasteiger partial charge < -0.3 is 10.6 Å². The number of hydrogen-bond donors (Lipinski definition) is 1. The summed E-state index contributed by atoms with van der Waals surface area (Å²) in [5, 5.41) is 0. The fourth-order valence-electron chi connectivity index (χ4n) is 2.57. The van der Waals surface area contributed by atoms with Crippen LogP contribution in [0.2, 0.25) is 0 Å². The first-order valence-electron chi connectivity index (χ1n) is 5.58. The first-order chi connectivity index (χ1) is 6.21. The highest BCUT2D eigenvalue weighted by atomic mass is 15.1. The summed E-state index contributed by atoms with van der Waals surface area (Å²) in [6, 6.07) is 0.549. The molecule has 86 valence electrons. The Labute approximate surface area is 89.9 Å². The minimum absolute atomic E-state index is 0.289. The van der Waals surface area contributed by atoms with Crippen molar-refractivity contribution in [3.8, 4) is 0 Å². The maximum Gasteiger partial charge on any atom is 0.0180 e. The predicted octanol–water partition coefficient (Wildman–Crippen LogP) is 2.19. The molecule has 0 heterocycles. The first-order valence-corrected chi connectivity index (χ1v) is 5.58. The molecule has 2 atom stereocenters. The zero-order chi connectivity index (χ0) is 11.5. The Morgan fingerprint density at radius 2 is 1.57 bits per heavy atom. The predicted molar refractivity (Wildman–Crippen MR) is 64.3 cm³/mol. The molecular weight excluding hydrogens is 172 g/mol. The van der Waals surface area contributed by atoms with E-state index in [0.29, 0.717) is 17.9 Å². The monoisotopic (exact) mass is 200 g/mol. The lowest BCUT2D eigenvalue weighted by molar-refractivity contribution is 0.0733. The van der Waals surface area contributed by atoms with E-state index < -0.39 is 0 Å². The lowest BCUT2D eigenvalue weighted by Crippen LogP contribution is -2.49. The van der Waals surface area contributed by atoms with Gasteiger partial charge >= 0.3 is 0 Å². The number of hydrogen-bond acceptors (Lipinski definition) is 2. The van der Waals surface area contributed by atoms with Gasteiger partial charge in [-0.3, -0.25) is 0 Å². The number of nitrogens with two attached hydrogens (primary N) is 1. The molecule has 0 spiro atoms. The van der Waals surface area contributed by atoms with Crippen molar-refractivity contribution in [3.05, 3.63) is 0 Å². The Kier molecular flexibility index (Phi) is 5.10. The molecule has 0 saturated heterocycles. The van der Waals surface area contributed by atoms with Gasteiger partial charge in [-0.2, -0.15) is 0 Å². The molecule has 2 heteroatoms. The third kappa shape index (κ3) is 3.58. The molecule has 0 rings (SSSR count). The Balaban J connectivity index is 4.80. The van der Waals surface area contributed by atoms with Crippen LogP contribution in [0, 0.1) is 17.3 Å². The van der Waals surface area contributed by atoms with E-state index in [1.54, 1.807) is 0 Å². The average molecular weight is 200 g/mol. The molecule has 0 saturated carbocycles. The van der Waals surface area contributed by atoms with Crippen LogP contribution in [0.5, 0.6) is 0 Å². The lowest BCUT2D eigenvalue weighted by atomic mass is 9.74. The molecule has 0 amide bonds. The molecule has 0 fully saturated rings. The largest absolute Gasteiger partial charge is 0.330 e. The zero-order valence-electron chi connectivity index (χ0n) is 11.0. The Hall–Kier alpha value is -0.0800. The van der Waals surface area contributed by atoms with Crippen LogP contribution >= 0.6 is 0 Å². The Morgan fingerprint density at radius 1 is 1.14 bits per heavy atom. The molecule has 0 aromatic carbocycles. The summed E-state index contributed by atoms with van der Waals surface area (Å²) in [7, 11) is 4.31. The van der Waals surface area contributed by atoms with Gasteiger partial charge in [0.15, 0.2) is 0 Å². The van der Waals surface area contributed by atoms with Crippen LogP contribution in [0.25, 0.3) is 0 Å². The molecule has 0 bridgehead atoms. The smallest absolute Gasteiger partial charge is 0.0180 e. The van der Waals surface area contributed by atoms with Crippen LogP contribution in [-0.2, 0) is 0 Å². The van der Waals surface area contributed by atoms with Gasteiger partial charge in [-0.15, -0.1) is 0 Å². The van der Waals surface area contributed by atoms with Gasteiger partial charge in [0.25, 0.3) is 0 Å². The molecule has 0 aromatic heterocycles.